The molecule has 0 radical (unpaired) electrons. The molecule has 0 fully saturated rings. The van der Waals surface area contributed by atoms with Crippen LogP contribution < -0.4 is 15.4 Å². The third-order valence-electron chi connectivity index (χ3n) is 3.39. The number of carbonyl (C=O) groups is 1. The van der Waals surface area contributed by atoms with Crippen molar-refractivity contribution < 1.29 is 22.7 Å². The fraction of sp³-hybridized carbons (Fsp3) is 0.235. The van der Waals surface area contributed by atoms with E-state index < -0.39 is 12.4 Å². The highest BCUT2D eigenvalue weighted by molar-refractivity contribution is 6.31. The summed E-state index contributed by atoms with van der Waals surface area (Å²) in [5.74, 6) is -0.634. The zero-order valence-electron chi connectivity index (χ0n) is 13.4. The molecule has 134 valence electrons. The van der Waals surface area contributed by atoms with E-state index in [-0.39, 0.29) is 11.7 Å². The lowest BCUT2D eigenvalue weighted by atomic mass is 10.2. The monoisotopic (exact) mass is 372 g/mol. The quantitative estimate of drug-likeness (QED) is 0.777. The summed E-state index contributed by atoms with van der Waals surface area (Å²) in [7, 11) is 0. The average molecular weight is 373 g/mol. The standard InChI is InChI=1S/C17H16ClF3N2O2/c1-10-14(18)4-3-5-15(10)23-16(24)11(2)22-12-6-8-13(9-7-12)25-17(19,20)21/h3-9,11,22H,1-2H3,(H,23,24). The Balaban J connectivity index is 1.98. The van der Waals surface area contributed by atoms with E-state index in [9.17, 15) is 18.0 Å². The Hall–Kier alpha value is -2.41. The second kappa shape index (κ2) is 7.65. The number of amides is 1. The molecule has 0 saturated carbocycles. The number of halogens is 4. The molecule has 0 aliphatic heterocycles. The van der Waals surface area contributed by atoms with Gasteiger partial charge in [-0.1, -0.05) is 17.7 Å². The van der Waals surface area contributed by atoms with Gasteiger partial charge in [0.2, 0.25) is 5.91 Å². The van der Waals surface area contributed by atoms with E-state index in [0.717, 1.165) is 5.56 Å². The fourth-order valence-corrected chi connectivity index (χ4v) is 2.23. The predicted molar refractivity (Wildman–Crippen MR) is 91.0 cm³/mol. The van der Waals surface area contributed by atoms with Crippen LogP contribution in [-0.2, 0) is 4.79 Å². The topological polar surface area (TPSA) is 50.4 Å². The van der Waals surface area contributed by atoms with Gasteiger partial charge in [-0.05, 0) is 55.8 Å². The Morgan fingerprint density at radius 2 is 1.80 bits per heavy atom. The number of rotatable bonds is 5. The van der Waals surface area contributed by atoms with Gasteiger partial charge in [0.1, 0.15) is 11.8 Å². The summed E-state index contributed by atoms with van der Waals surface area (Å²) in [5, 5.41) is 6.20. The maximum absolute atomic E-state index is 12.2. The lowest BCUT2D eigenvalue weighted by Gasteiger charge is -2.17. The van der Waals surface area contributed by atoms with Gasteiger partial charge in [0.15, 0.2) is 0 Å². The molecule has 8 heteroatoms. The van der Waals surface area contributed by atoms with Gasteiger partial charge in [-0.2, -0.15) is 0 Å². The second-order valence-corrected chi connectivity index (χ2v) is 5.75. The number of carbonyl (C=O) groups excluding carboxylic acids is 1. The second-order valence-electron chi connectivity index (χ2n) is 5.34. The van der Waals surface area contributed by atoms with Crippen LogP contribution in [0.5, 0.6) is 5.75 Å². The number of ether oxygens (including phenoxy) is 1. The van der Waals surface area contributed by atoms with Crippen LogP contribution in [0.15, 0.2) is 42.5 Å². The van der Waals surface area contributed by atoms with Crippen LogP contribution in [0.25, 0.3) is 0 Å². The largest absolute Gasteiger partial charge is 0.573 e. The van der Waals surface area contributed by atoms with Crippen molar-refractivity contribution in [3.63, 3.8) is 0 Å². The van der Waals surface area contributed by atoms with E-state index in [1.807, 2.05) is 0 Å². The van der Waals surface area contributed by atoms with Crippen LogP contribution in [0, 0.1) is 6.92 Å². The first kappa shape index (κ1) is 18.9. The molecular weight excluding hydrogens is 357 g/mol. The fourth-order valence-electron chi connectivity index (χ4n) is 2.05. The van der Waals surface area contributed by atoms with E-state index in [1.54, 1.807) is 32.0 Å². The van der Waals surface area contributed by atoms with E-state index >= 15 is 0 Å². The van der Waals surface area contributed by atoms with Crippen LogP contribution in [0.2, 0.25) is 5.02 Å². The first-order valence-corrected chi connectivity index (χ1v) is 7.72. The number of alkyl halides is 3. The minimum Gasteiger partial charge on any atom is -0.406 e. The van der Waals surface area contributed by atoms with Crippen LogP contribution in [0.4, 0.5) is 24.5 Å². The summed E-state index contributed by atoms with van der Waals surface area (Å²) >= 11 is 6.01. The molecule has 2 aromatic carbocycles. The first-order valence-electron chi connectivity index (χ1n) is 7.34. The smallest absolute Gasteiger partial charge is 0.406 e. The summed E-state index contributed by atoms with van der Waals surface area (Å²) in [6.07, 6.45) is -4.74. The zero-order chi connectivity index (χ0) is 18.6. The highest BCUT2D eigenvalue weighted by Gasteiger charge is 2.31. The Bertz CT molecular complexity index is 749. The molecule has 0 spiro atoms. The third-order valence-corrected chi connectivity index (χ3v) is 3.80. The number of nitrogens with one attached hydrogen (secondary N) is 2. The molecule has 2 aromatic rings. The SMILES string of the molecule is Cc1c(Cl)cccc1NC(=O)C(C)Nc1ccc(OC(F)(F)F)cc1. The summed E-state index contributed by atoms with van der Waals surface area (Å²) in [4.78, 5) is 12.2. The summed E-state index contributed by atoms with van der Waals surface area (Å²) < 4.78 is 40.2. The van der Waals surface area contributed by atoms with Gasteiger partial charge in [0.25, 0.3) is 0 Å². The number of anilines is 2. The molecule has 0 aromatic heterocycles. The third kappa shape index (κ3) is 5.56. The van der Waals surface area contributed by atoms with Gasteiger partial charge < -0.3 is 15.4 Å². The molecule has 4 nitrogen and oxygen atoms in total. The lowest BCUT2D eigenvalue weighted by Crippen LogP contribution is -2.32. The molecule has 1 unspecified atom stereocenters. The lowest BCUT2D eigenvalue weighted by molar-refractivity contribution is -0.274. The van der Waals surface area contributed by atoms with Crippen molar-refractivity contribution >= 4 is 28.9 Å². The predicted octanol–water partition coefficient (Wildman–Crippen LogP) is 4.99. The highest BCUT2D eigenvalue weighted by atomic mass is 35.5. The van der Waals surface area contributed by atoms with E-state index in [1.165, 1.54) is 24.3 Å². The Morgan fingerprint density at radius 3 is 2.40 bits per heavy atom. The van der Waals surface area contributed by atoms with E-state index in [2.05, 4.69) is 15.4 Å². The van der Waals surface area contributed by atoms with Crippen molar-refractivity contribution in [3.8, 4) is 5.75 Å². The average Bonchev–Trinajstić information content (AvgIpc) is 2.52. The van der Waals surface area contributed by atoms with Crippen molar-refractivity contribution in [2.75, 3.05) is 10.6 Å². The Morgan fingerprint density at radius 1 is 1.16 bits per heavy atom. The van der Waals surface area contributed by atoms with Gasteiger partial charge in [-0.3, -0.25) is 4.79 Å². The molecule has 2 N–H and O–H groups in total. The molecule has 0 heterocycles. The van der Waals surface area contributed by atoms with Crippen molar-refractivity contribution in [1.29, 1.82) is 0 Å². The van der Waals surface area contributed by atoms with Crippen LogP contribution >= 0.6 is 11.6 Å². The molecule has 0 saturated heterocycles. The molecule has 2 rings (SSSR count). The van der Waals surface area contributed by atoms with Gasteiger partial charge in [0.05, 0.1) is 0 Å². The maximum atomic E-state index is 12.2. The van der Waals surface area contributed by atoms with Crippen molar-refractivity contribution in [1.82, 2.24) is 0 Å². The highest BCUT2D eigenvalue weighted by Crippen LogP contribution is 2.25. The molecule has 1 amide bonds. The van der Waals surface area contributed by atoms with E-state index in [4.69, 9.17) is 11.6 Å². The van der Waals surface area contributed by atoms with E-state index in [0.29, 0.717) is 16.4 Å². The van der Waals surface area contributed by atoms with Gasteiger partial charge in [0, 0.05) is 16.4 Å². The molecular formula is C17H16ClF3N2O2. The van der Waals surface area contributed by atoms with Crippen molar-refractivity contribution in [2.24, 2.45) is 0 Å². The maximum Gasteiger partial charge on any atom is 0.573 e. The number of benzene rings is 2. The molecule has 25 heavy (non-hydrogen) atoms. The van der Waals surface area contributed by atoms with Crippen molar-refractivity contribution in [3.05, 3.63) is 53.1 Å². The van der Waals surface area contributed by atoms with Gasteiger partial charge in [-0.25, -0.2) is 0 Å². The minimum atomic E-state index is -4.74. The van der Waals surface area contributed by atoms with Crippen LogP contribution in [0.1, 0.15) is 12.5 Å². The molecule has 0 aliphatic rings. The minimum absolute atomic E-state index is 0.305. The summed E-state index contributed by atoms with van der Waals surface area (Å²) in [6, 6.07) is 9.69. The first-order chi connectivity index (χ1) is 11.7. The molecule has 0 aliphatic carbocycles. The van der Waals surface area contributed by atoms with Crippen molar-refractivity contribution in [2.45, 2.75) is 26.3 Å². The van der Waals surface area contributed by atoms with Gasteiger partial charge in [-0.15, -0.1) is 13.2 Å². The van der Waals surface area contributed by atoms with Crippen LogP contribution in [-0.4, -0.2) is 18.3 Å². The summed E-state index contributed by atoms with van der Waals surface area (Å²) in [6.45, 7) is 3.42. The Kier molecular flexibility index (Phi) is 5.79. The summed E-state index contributed by atoms with van der Waals surface area (Å²) in [5.41, 5.74) is 1.83. The van der Waals surface area contributed by atoms with Gasteiger partial charge >= 0.3 is 6.36 Å². The normalized spacial score (nSPS) is 12.4. The number of hydrogen-bond acceptors (Lipinski definition) is 3. The number of hydrogen-bond donors (Lipinski definition) is 2. The van der Waals surface area contributed by atoms with Crippen LogP contribution in [0.3, 0.4) is 0 Å². The molecule has 0 bridgehead atoms. The Labute approximate surface area is 147 Å². The molecule has 1 atom stereocenters. The zero-order valence-corrected chi connectivity index (χ0v) is 14.2.